The predicted octanol–water partition coefficient (Wildman–Crippen LogP) is 2.88. The summed E-state index contributed by atoms with van der Waals surface area (Å²) in [6, 6.07) is 4.84. The number of carbonyl (C=O) groups excluding carboxylic acids is 1. The molecule has 0 amide bonds. The molecule has 0 saturated heterocycles. The molecule has 1 aromatic heterocycles. The highest BCUT2D eigenvalue weighted by Gasteiger charge is 2.30. The average Bonchev–Trinajstić information content (AvgIpc) is 2.96. The van der Waals surface area contributed by atoms with Gasteiger partial charge in [0.25, 0.3) is 0 Å². The Balaban J connectivity index is 1.98. The van der Waals surface area contributed by atoms with Gasteiger partial charge in [0.15, 0.2) is 5.78 Å². The number of benzene rings is 1. The largest absolute Gasteiger partial charge is 0.394 e. The summed E-state index contributed by atoms with van der Waals surface area (Å²) < 4.78 is 16.9. The van der Waals surface area contributed by atoms with Crippen LogP contribution < -0.4 is 10.8 Å². The van der Waals surface area contributed by atoms with Gasteiger partial charge in [-0.25, -0.2) is 4.39 Å². The van der Waals surface area contributed by atoms with Crippen molar-refractivity contribution in [2.24, 2.45) is 7.05 Å². The lowest BCUT2D eigenvalue weighted by molar-refractivity contribution is -0.0189. The average molecular weight is 515 g/mol. The second-order valence-corrected chi connectivity index (χ2v) is 8.11. The lowest BCUT2D eigenvalue weighted by atomic mass is 9.93. The molecule has 0 unspecified atom stereocenters. The van der Waals surface area contributed by atoms with Crippen LogP contribution in [0.25, 0.3) is 5.70 Å². The number of hydrogen-bond donors (Lipinski definition) is 4. The number of carbonyl (C=O) groups is 1. The van der Waals surface area contributed by atoms with Crippen LogP contribution in [-0.2, 0) is 18.3 Å². The quantitative estimate of drug-likeness (QED) is 0.319. The maximum absolute atomic E-state index is 14.4. The summed E-state index contributed by atoms with van der Waals surface area (Å²) in [5.74, 6) is 0.138. The lowest BCUT2D eigenvalue weighted by Crippen LogP contribution is -2.25. The number of aliphatic hydroxyl groups is 2. The van der Waals surface area contributed by atoms with Gasteiger partial charge in [-0.15, -0.1) is 0 Å². The molecular formula is C20H23FIN3O4. The number of anilines is 2. The van der Waals surface area contributed by atoms with E-state index in [9.17, 15) is 14.3 Å². The van der Waals surface area contributed by atoms with Crippen LogP contribution in [0.3, 0.4) is 0 Å². The fraction of sp³-hybridized carbons (Fsp3) is 0.350. The molecule has 9 heteroatoms. The van der Waals surface area contributed by atoms with Crippen LogP contribution in [0.15, 0.2) is 24.8 Å². The number of nitrogens with one attached hydrogen (secondary N) is 2. The van der Waals surface area contributed by atoms with Crippen molar-refractivity contribution in [1.29, 1.82) is 0 Å². The Bertz CT molecular complexity index is 944. The summed E-state index contributed by atoms with van der Waals surface area (Å²) in [7, 11) is 1.75. The topological polar surface area (TPSA) is 95.8 Å². The zero-order chi connectivity index (χ0) is 21.1. The van der Waals surface area contributed by atoms with Gasteiger partial charge in [-0.2, -0.15) is 0 Å². The highest BCUT2D eigenvalue weighted by atomic mass is 127. The molecule has 0 radical (unpaired) electrons. The molecule has 2 aromatic rings. The minimum atomic E-state index is -1.03. The lowest BCUT2D eigenvalue weighted by Gasteiger charge is -2.16. The molecule has 1 heterocycles. The van der Waals surface area contributed by atoms with Crippen molar-refractivity contribution in [2.45, 2.75) is 25.4 Å². The fourth-order valence-electron chi connectivity index (χ4n) is 3.40. The highest BCUT2D eigenvalue weighted by Crippen LogP contribution is 2.37. The molecule has 0 spiro atoms. The van der Waals surface area contributed by atoms with E-state index in [2.05, 4.69) is 17.4 Å². The predicted molar refractivity (Wildman–Crippen MR) is 116 cm³/mol. The van der Waals surface area contributed by atoms with E-state index >= 15 is 0 Å². The summed E-state index contributed by atoms with van der Waals surface area (Å²) in [5.41, 5.74) is 5.34. The molecular weight excluding hydrogens is 492 g/mol. The van der Waals surface area contributed by atoms with E-state index < -0.39 is 18.5 Å². The van der Waals surface area contributed by atoms with Gasteiger partial charge in [0.05, 0.1) is 23.7 Å². The first-order valence-corrected chi connectivity index (χ1v) is 10.2. The Kier molecular flexibility index (Phi) is 6.93. The maximum atomic E-state index is 14.4. The zero-order valence-electron chi connectivity index (χ0n) is 16.0. The van der Waals surface area contributed by atoms with Crippen molar-refractivity contribution in [3.8, 4) is 0 Å². The standard InChI is InChI=1S/C20H23FIN3O4/c1-11(24-29-10-13(27)9-26)18-14-4-3-5-17(28)19(14)25(2)20(18)23-16-7-6-12(22)8-15(16)21/h6-8,13,23-24,26-27H,1,3-5,9-10H2,2H3/t13-/m1/s1. The van der Waals surface area contributed by atoms with E-state index in [0.29, 0.717) is 35.6 Å². The van der Waals surface area contributed by atoms with Crippen molar-refractivity contribution in [3.05, 3.63) is 51.0 Å². The van der Waals surface area contributed by atoms with Gasteiger partial charge in [-0.3, -0.25) is 15.1 Å². The summed E-state index contributed by atoms with van der Waals surface area (Å²) in [5, 5.41) is 21.4. The first-order chi connectivity index (χ1) is 13.8. The SMILES string of the molecule is C=C(NOC[C@H](O)CO)c1c2c(n(C)c1Nc1ccc(I)cc1F)C(=O)CCC2. The van der Waals surface area contributed by atoms with Gasteiger partial charge in [-0.1, -0.05) is 6.58 Å². The van der Waals surface area contributed by atoms with Gasteiger partial charge in [0, 0.05) is 22.6 Å². The molecule has 0 aliphatic heterocycles. The molecule has 1 aliphatic carbocycles. The maximum Gasteiger partial charge on any atom is 0.179 e. The van der Waals surface area contributed by atoms with Crippen LogP contribution in [0.2, 0.25) is 0 Å². The molecule has 0 bridgehead atoms. The normalized spacial score (nSPS) is 14.4. The van der Waals surface area contributed by atoms with E-state index in [-0.39, 0.29) is 18.1 Å². The van der Waals surface area contributed by atoms with Crippen LogP contribution in [0.4, 0.5) is 15.9 Å². The Morgan fingerprint density at radius 3 is 2.90 bits per heavy atom. The number of fused-ring (bicyclic) bond motifs is 1. The minimum Gasteiger partial charge on any atom is -0.394 e. The highest BCUT2D eigenvalue weighted by molar-refractivity contribution is 14.1. The van der Waals surface area contributed by atoms with E-state index in [1.165, 1.54) is 6.07 Å². The second kappa shape index (κ2) is 9.24. The summed E-state index contributed by atoms with van der Waals surface area (Å²) in [6.45, 7) is 3.42. The van der Waals surface area contributed by atoms with E-state index in [1.54, 1.807) is 23.7 Å². The number of aromatic nitrogens is 1. The Labute approximate surface area is 181 Å². The Hall–Kier alpha value is -1.95. The van der Waals surface area contributed by atoms with Crippen LogP contribution in [0, 0.1) is 9.39 Å². The summed E-state index contributed by atoms with van der Waals surface area (Å²) in [4.78, 5) is 17.8. The number of halogens is 2. The summed E-state index contributed by atoms with van der Waals surface area (Å²) in [6.07, 6.45) is 0.833. The van der Waals surface area contributed by atoms with Gasteiger partial charge < -0.3 is 20.1 Å². The third-order valence-electron chi connectivity index (χ3n) is 4.76. The van der Waals surface area contributed by atoms with E-state index in [1.807, 2.05) is 22.6 Å². The van der Waals surface area contributed by atoms with Crippen molar-refractivity contribution < 1.29 is 24.2 Å². The van der Waals surface area contributed by atoms with Gasteiger partial charge in [-0.05, 0) is 59.2 Å². The van der Waals surface area contributed by atoms with Crippen molar-refractivity contribution in [1.82, 2.24) is 10.0 Å². The molecule has 156 valence electrons. The molecule has 1 atom stereocenters. The number of aliphatic hydroxyl groups excluding tert-OH is 2. The van der Waals surface area contributed by atoms with Gasteiger partial charge in [0.1, 0.15) is 24.3 Å². The van der Waals surface area contributed by atoms with Crippen LogP contribution in [0.1, 0.15) is 34.5 Å². The first-order valence-electron chi connectivity index (χ1n) is 9.16. The number of rotatable bonds is 8. The van der Waals surface area contributed by atoms with Gasteiger partial charge >= 0.3 is 0 Å². The number of ketones is 1. The summed E-state index contributed by atoms with van der Waals surface area (Å²) >= 11 is 2.04. The van der Waals surface area contributed by atoms with Crippen LogP contribution in [-0.4, -0.2) is 39.9 Å². The number of Topliss-reactive ketones (excluding diaryl/α,β-unsaturated/α-hetero) is 1. The molecule has 1 aromatic carbocycles. The monoisotopic (exact) mass is 515 g/mol. The van der Waals surface area contributed by atoms with Crippen LogP contribution >= 0.6 is 22.6 Å². The molecule has 4 N–H and O–H groups in total. The van der Waals surface area contributed by atoms with Crippen molar-refractivity contribution in [3.63, 3.8) is 0 Å². The van der Waals surface area contributed by atoms with E-state index in [0.717, 1.165) is 15.6 Å². The van der Waals surface area contributed by atoms with Crippen molar-refractivity contribution >= 4 is 45.6 Å². The smallest absolute Gasteiger partial charge is 0.179 e. The zero-order valence-corrected chi connectivity index (χ0v) is 18.1. The first kappa shape index (κ1) is 21.8. The van der Waals surface area contributed by atoms with Crippen LogP contribution in [0.5, 0.6) is 0 Å². The number of hydrogen-bond acceptors (Lipinski definition) is 6. The molecule has 0 fully saturated rings. The fourth-order valence-corrected chi connectivity index (χ4v) is 3.86. The van der Waals surface area contributed by atoms with Crippen molar-refractivity contribution in [2.75, 3.05) is 18.5 Å². The number of nitrogens with zero attached hydrogens (tertiary/aromatic N) is 1. The molecule has 0 saturated carbocycles. The third-order valence-corrected chi connectivity index (χ3v) is 5.43. The molecule has 29 heavy (non-hydrogen) atoms. The van der Waals surface area contributed by atoms with Gasteiger partial charge in [0.2, 0.25) is 0 Å². The molecule has 7 nitrogen and oxygen atoms in total. The molecule has 3 rings (SSSR count). The van der Waals surface area contributed by atoms with E-state index in [4.69, 9.17) is 9.94 Å². The Morgan fingerprint density at radius 1 is 1.45 bits per heavy atom. The second-order valence-electron chi connectivity index (χ2n) is 6.86. The molecule has 1 aliphatic rings. The number of hydroxylamine groups is 1. The Morgan fingerprint density at radius 2 is 2.21 bits per heavy atom. The minimum absolute atomic E-state index is 0.0237. The third kappa shape index (κ3) is 4.63.